The van der Waals surface area contributed by atoms with Gasteiger partial charge in [-0.1, -0.05) is 32.0 Å². The van der Waals surface area contributed by atoms with Crippen LogP contribution >= 0.6 is 0 Å². The molecule has 0 heterocycles. The maximum absolute atomic E-state index is 13.2. The maximum atomic E-state index is 13.2. The zero-order chi connectivity index (χ0) is 17.9. The van der Waals surface area contributed by atoms with Gasteiger partial charge in [0.15, 0.2) is 5.78 Å². The van der Waals surface area contributed by atoms with E-state index in [2.05, 4.69) is 10.5 Å². The van der Waals surface area contributed by atoms with E-state index < -0.39 is 16.2 Å². The van der Waals surface area contributed by atoms with Crippen LogP contribution in [0.1, 0.15) is 44.7 Å². The summed E-state index contributed by atoms with van der Waals surface area (Å²) in [5.41, 5.74) is 0.552. The number of carbonyl (C=O) groups is 2. The zero-order valence-corrected chi connectivity index (χ0v) is 14.9. The molecule has 24 heavy (non-hydrogen) atoms. The number of Topliss-reactive ketones (excluding diaryl/α,β-unsaturated/α-hetero) is 1. The smallest absolute Gasteiger partial charge is 0.239 e. The Hall–Kier alpha value is -2.17. The third kappa shape index (κ3) is 1.78. The highest BCUT2D eigenvalue weighted by molar-refractivity contribution is 6.51. The molecule has 3 rings (SSSR count). The third-order valence-corrected chi connectivity index (χ3v) is 6.54. The van der Waals surface area contributed by atoms with E-state index in [1.165, 1.54) is 0 Å². The second-order valence-corrected chi connectivity index (χ2v) is 7.97. The minimum absolute atomic E-state index is 0.134. The number of oxime groups is 1. The number of aryl methyl sites for hydroxylation is 2. The normalized spacial score (nSPS) is 32.4. The number of hydrogen-bond acceptors (Lipinski definition) is 4. The number of amides is 1. The Labute approximate surface area is 142 Å². The van der Waals surface area contributed by atoms with Crippen LogP contribution in [0, 0.1) is 30.1 Å². The molecular weight excluding hydrogens is 304 g/mol. The van der Waals surface area contributed by atoms with E-state index in [0.717, 1.165) is 11.1 Å². The average Bonchev–Trinajstić information content (AvgIpc) is 2.73. The molecule has 2 bridgehead atoms. The first kappa shape index (κ1) is 16.7. The van der Waals surface area contributed by atoms with Crippen molar-refractivity contribution in [2.75, 3.05) is 5.32 Å². The van der Waals surface area contributed by atoms with Crippen LogP contribution in [0.4, 0.5) is 5.69 Å². The van der Waals surface area contributed by atoms with Gasteiger partial charge < -0.3 is 10.5 Å². The van der Waals surface area contributed by atoms with Gasteiger partial charge in [-0.15, -0.1) is 0 Å². The Kier molecular flexibility index (Phi) is 3.41. The number of rotatable bonds is 2. The fraction of sp³-hybridized carbons (Fsp3) is 0.526. The van der Waals surface area contributed by atoms with Gasteiger partial charge in [-0.05, 0) is 55.4 Å². The summed E-state index contributed by atoms with van der Waals surface area (Å²) in [6.07, 6.45) is 1.14. The van der Waals surface area contributed by atoms with Crippen molar-refractivity contribution in [2.45, 2.75) is 47.5 Å². The Morgan fingerprint density at radius 3 is 2.21 bits per heavy atom. The monoisotopic (exact) mass is 328 g/mol. The fourth-order valence-corrected chi connectivity index (χ4v) is 4.74. The molecule has 1 aromatic carbocycles. The number of ketones is 1. The number of nitrogens with one attached hydrogen (secondary N) is 1. The minimum atomic E-state index is -1.18. The summed E-state index contributed by atoms with van der Waals surface area (Å²) < 4.78 is 0. The molecule has 0 saturated heterocycles. The summed E-state index contributed by atoms with van der Waals surface area (Å²) in [5.74, 6) is -0.643. The first-order valence-electron chi connectivity index (χ1n) is 8.27. The van der Waals surface area contributed by atoms with Crippen LogP contribution in [0.2, 0.25) is 0 Å². The average molecular weight is 328 g/mol. The number of hydrogen-bond donors (Lipinski definition) is 2. The lowest BCUT2D eigenvalue weighted by Crippen LogP contribution is -2.47. The van der Waals surface area contributed by atoms with Crippen molar-refractivity contribution in [3.05, 3.63) is 29.3 Å². The topological polar surface area (TPSA) is 78.8 Å². The standard InChI is InChI=1S/C19H24N2O3/c1-11-8-12(2)10-13(9-11)20-16(23)19-7-6-18(5,17(19,3)4)14(21-24)15(19)22/h8-10,24H,6-7H2,1-5H3,(H,20,23)/b21-14+. The first-order valence-corrected chi connectivity index (χ1v) is 8.27. The molecule has 0 radical (unpaired) electrons. The highest BCUT2D eigenvalue weighted by Crippen LogP contribution is 2.69. The summed E-state index contributed by atoms with van der Waals surface area (Å²) in [5, 5.41) is 15.6. The molecule has 0 spiro atoms. The second kappa shape index (κ2) is 4.91. The van der Waals surface area contributed by atoms with E-state index in [-0.39, 0.29) is 17.4 Å². The van der Waals surface area contributed by atoms with Gasteiger partial charge in [0.05, 0.1) is 0 Å². The molecule has 2 aliphatic rings. The third-order valence-electron chi connectivity index (χ3n) is 6.54. The summed E-state index contributed by atoms with van der Waals surface area (Å²) in [4.78, 5) is 26.1. The Morgan fingerprint density at radius 2 is 1.71 bits per heavy atom. The lowest BCUT2D eigenvalue weighted by Gasteiger charge is -2.37. The molecule has 128 valence electrons. The quantitative estimate of drug-likeness (QED) is 0.496. The van der Waals surface area contributed by atoms with Gasteiger partial charge in [0.25, 0.3) is 0 Å². The van der Waals surface area contributed by atoms with E-state index in [1.54, 1.807) is 0 Å². The van der Waals surface area contributed by atoms with E-state index in [4.69, 9.17) is 0 Å². The van der Waals surface area contributed by atoms with Crippen LogP contribution in [0.25, 0.3) is 0 Å². The van der Waals surface area contributed by atoms with Gasteiger partial charge in [0.1, 0.15) is 11.1 Å². The Balaban J connectivity index is 2.04. The highest BCUT2D eigenvalue weighted by Gasteiger charge is 2.76. The van der Waals surface area contributed by atoms with Crippen LogP contribution in [-0.2, 0) is 9.59 Å². The molecular formula is C19H24N2O3. The van der Waals surface area contributed by atoms with Crippen molar-refractivity contribution in [1.82, 2.24) is 0 Å². The Bertz CT molecular complexity index is 761. The Morgan fingerprint density at radius 1 is 1.12 bits per heavy atom. The SMILES string of the molecule is Cc1cc(C)cc(NC(=O)C23CCC(C)(/C(=N/O)C2=O)C3(C)C)c1. The second-order valence-electron chi connectivity index (χ2n) is 7.97. The van der Waals surface area contributed by atoms with Crippen LogP contribution < -0.4 is 5.32 Å². The van der Waals surface area contributed by atoms with Crippen molar-refractivity contribution in [2.24, 2.45) is 21.4 Å². The van der Waals surface area contributed by atoms with Crippen molar-refractivity contribution < 1.29 is 14.8 Å². The first-order chi connectivity index (χ1) is 11.1. The van der Waals surface area contributed by atoms with Gasteiger partial charge in [-0.25, -0.2) is 0 Å². The summed E-state index contributed by atoms with van der Waals surface area (Å²) in [6.45, 7) is 9.70. The number of nitrogens with zero attached hydrogens (tertiary/aromatic N) is 1. The minimum Gasteiger partial charge on any atom is -0.411 e. The molecule has 0 aromatic heterocycles. The molecule has 2 fully saturated rings. The van der Waals surface area contributed by atoms with Crippen LogP contribution in [0.5, 0.6) is 0 Å². The van der Waals surface area contributed by atoms with Crippen molar-refractivity contribution in [1.29, 1.82) is 0 Å². The molecule has 1 amide bonds. The predicted molar refractivity (Wildman–Crippen MR) is 92.3 cm³/mol. The van der Waals surface area contributed by atoms with Gasteiger partial charge in [-0.3, -0.25) is 9.59 Å². The molecule has 2 atom stereocenters. The van der Waals surface area contributed by atoms with Crippen LogP contribution in [-0.4, -0.2) is 22.6 Å². The molecule has 5 nitrogen and oxygen atoms in total. The van der Waals surface area contributed by atoms with Crippen LogP contribution in [0.15, 0.2) is 23.4 Å². The van der Waals surface area contributed by atoms with Crippen molar-refractivity contribution in [3.63, 3.8) is 0 Å². The molecule has 0 aliphatic heterocycles. The zero-order valence-electron chi connectivity index (χ0n) is 14.9. The van der Waals surface area contributed by atoms with Crippen molar-refractivity contribution in [3.8, 4) is 0 Å². The van der Waals surface area contributed by atoms with E-state index in [1.807, 2.05) is 52.8 Å². The van der Waals surface area contributed by atoms with Gasteiger partial charge in [0.2, 0.25) is 5.91 Å². The fourth-order valence-electron chi connectivity index (χ4n) is 4.74. The van der Waals surface area contributed by atoms with Gasteiger partial charge in [0, 0.05) is 11.1 Å². The molecule has 2 aliphatic carbocycles. The maximum Gasteiger partial charge on any atom is 0.239 e. The molecule has 2 saturated carbocycles. The molecule has 2 N–H and O–H groups in total. The van der Waals surface area contributed by atoms with E-state index in [0.29, 0.717) is 18.5 Å². The van der Waals surface area contributed by atoms with Crippen LogP contribution in [0.3, 0.4) is 0 Å². The molecule has 1 aromatic rings. The van der Waals surface area contributed by atoms with Gasteiger partial charge >= 0.3 is 0 Å². The van der Waals surface area contributed by atoms with Gasteiger partial charge in [-0.2, -0.15) is 0 Å². The van der Waals surface area contributed by atoms with Crippen molar-refractivity contribution >= 4 is 23.1 Å². The summed E-state index contributed by atoms with van der Waals surface area (Å²) in [7, 11) is 0. The number of benzene rings is 1. The highest BCUT2D eigenvalue weighted by atomic mass is 16.4. The summed E-state index contributed by atoms with van der Waals surface area (Å²) in [6, 6.07) is 5.81. The molecule has 2 unspecified atom stereocenters. The number of fused-ring (bicyclic) bond motifs is 2. The predicted octanol–water partition coefficient (Wildman–Crippen LogP) is 3.47. The number of carbonyl (C=O) groups excluding carboxylic acids is 2. The molecule has 5 heteroatoms. The van der Waals surface area contributed by atoms with E-state index >= 15 is 0 Å². The van der Waals surface area contributed by atoms with E-state index in [9.17, 15) is 14.8 Å². The largest absolute Gasteiger partial charge is 0.411 e. The number of anilines is 1. The lowest BCUT2D eigenvalue weighted by atomic mass is 9.64. The lowest BCUT2D eigenvalue weighted by molar-refractivity contribution is -0.140. The summed E-state index contributed by atoms with van der Waals surface area (Å²) >= 11 is 0.